The second-order valence-corrected chi connectivity index (χ2v) is 4.94. The molecule has 3 N–H and O–H groups in total. The molecule has 0 aliphatic rings. The predicted molar refractivity (Wildman–Crippen MR) is 82.9 cm³/mol. The molecule has 5 nitrogen and oxygen atoms in total. The molecule has 0 saturated carbocycles. The summed E-state index contributed by atoms with van der Waals surface area (Å²) in [6.45, 7) is 0. The number of aromatic nitrogens is 2. The van der Waals surface area contributed by atoms with Gasteiger partial charge in [-0.25, -0.2) is 4.39 Å². The molecule has 0 aliphatic carbocycles. The molecule has 112 valence electrons. The minimum Gasteiger partial charge on any atom is -0.324 e. The van der Waals surface area contributed by atoms with Gasteiger partial charge in [0.2, 0.25) is 5.91 Å². The van der Waals surface area contributed by atoms with Crippen molar-refractivity contribution in [3.63, 3.8) is 0 Å². The van der Waals surface area contributed by atoms with Crippen LogP contribution in [0.3, 0.4) is 0 Å². The number of rotatable bonds is 4. The number of anilines is 1. The summed E-state index contributed by atoms with van der Waals surface area (Å²) >= 11 is 0. The van der Waals surface area contributed by atoms with E-state index in [-0.39, 0.29) is 11.7 Å². The number of aromatic amines is 1. The van der Waals surface area contributed by atoms with E-state index in [9.17, 15) is 9.18 Å². The Morgan fingerprint density at radius 3 is 2.91 bits per heavy atom. The zero-order valence-corrected chi connectivity index (χ0v) is 11.9. The molecule has 6 heteroatoms. The van der Waals surface area contributed by atoms with E-state index < -0.39 is 6.04 Å². The Balaban J connectivity index is 1.82. The van der Waals surface area contributed by atoms with E-state index >= 15 is 0 Å². The van der Waals surface area contributed by atoms with Crippen LogP contribution >= 0.6 is 0 Å². The van der Waals surface area contributed by atoms with Crippen molar-refractivity contribution >= 4 is 22.5 Å². The number of likely N-dealkylation sites (N-methyl/N-ethyl adjacent to an activating group) is 1. The fraction of sp³-hybridized carbons (Fsp3) is 0.125. The van der Waals surface area contributed by atoms with Gasteiger partial charge in [-0.1, -0.05) is 12.1 Å². The third-order valence-electron chi connectivity index (χ3n) is 3.44. The number of amides is 1. The number of carbonyl (C=O) groups excluding carboxylic acids is 1. The van der Waals surface area contributed by atoms with E-state index in [0.29, 0.717) is 11.3 Å². The summed E-state index contributed by atoms with van der Waals surface area (Å²) in [4.78, 5) is 12.4. The third-order valence-corrected chi connectivity index (χ3v) is 3.44. The topological polar surface area (TPSA) is 69.8 Å². The van der Waals surface area contributed by atoms with E-state index in [2.05, 4.69) is 20.8 Å². The standard InChI is InChI=1S/C16H15FN4O/c1-18-15(10-3-2-4-12(17)7-10)16(22)20-13-5-6-14-11(8-13)9-19-21-14/h2-9,15,18H,1H3,(H,19,21)(H,20,22). The van der Waals surface area contributed by atoms with Gasteiger partial charge in [0.25, 0.3) is 0 Å². The Morgan fingerprint density at radius 1 is 1.27 bits per heavy atom. The van der Waals surface area contributed by atoms with Crippen LogP contribution in [-0.2, 0) is 4.79 Å². The molecule has 3 rings (SSSR count). The average molecular weight is 298 g/mol. The average Bonchev–Trinajstić information content (AvgIpc) is 2.95. The van der Waals surface area contributed by atoms with Crippen LogP contribution in [0.4, 0.5) is 10.1 Å². The normalized spacial score (nSPS) is 12.3. The molecule has 1 unspecified atom stereocenters. The van der Waals surface area contributed by atoms with Crippen LogP contribution in [-0.4, -0.2) is 23.2 Å². The molecule has 1 heterocycles. The molecule has 0 fully saturated rings. The highest BCUT2D eigenvalue weighted by molar-refractivity contribution is 5.97. The molecular weight excluding hydrogens is 283 g/mol. The SMILES string of the molecule is CNC(C(=O)Nc1ccc2[nH]ncc2c1)c1cccc(F)c1. The van der Waals surface area contributed by atoms with Gasteiger partial charge in [0.15, 0.2) is 0 Å². The van der Waals surface area contributed by atoms with Crippen LogP contribution < -0.4 is 10.6 Å². The van der Waals surface area contributed by atoms with Crippen LogP contribution in [0.15, 0.2) is 48.7 Å². The van der Waals surface area contributed by atoms with Crippen LogP contribution in [0.2, 0.25) is 0 Å². The Bertz CT molecular complexity index is 815. The van der Waals surface area contributed by atoms with E-state index in [1.165, 1.54) is 12.1 Å². The molecular formula is C16H15FN4O. The lowest BCUT2D eigenvalue weighted by Crippen LogP contribution is -2.30. The molecule has 3 aromatic rings. The first kappa shape index (κ1) is 14.2. The largest absolute Gasteiger partial charge is 0.324 e. The zero-order valence-electron chi connectivity index (χ0n) is 11.9. The fourth-order valence-corrected chi connectivity index (χ4v) is 2.37. The van der Waals surface area contributed by atoms with Gasteiger partial charge in [-0.15, -0.1) is 0 Å². The van der Waals surface area contributed by atoms with Crippen molar-refractivity contribution in [3.8, 4) is 0 Å². The quantitative estimate of drug-likeness (QED) is 0.693. The number of carbonyl (C=O) groups is 1. The van der Waals surface area contributed by atoms with E-state index in [4.69, 9.17) is 0 Å². The molecule has 0 radical (unpaired) electrons. The first-order chi connectivity index (χ1) is 10.7. The number of H-pyrrole nitrogens is 1. The fourth-order valence-electron chi connectivity index (χ4n) is 2.37. The lowest BCUT2D eigenvalue weighted by molar-refractivity contribution is -0.118. The van der Waals surface area contributed by atoms with Crippen molar-refractivity contribution in [3.05, 3.63) is 60.0 Å². The monoisotopic (exact) mass is 298 g/mol. The van der Waals surface area contributed by atoms with Crippen molar-refractivity contribution < 1.29 is 9.18 Å². The number of nitrogens with zero attached hydrogens (tertiary/aromatic N) is 1. The lowest BCUT2D eigenvalue weighted by atomic mass is 10.1. The first-order valence-electron chi connectivity index (χ1n) is 6.84. The molecule has 0 aliphatic heterocycles. The van der Waals surface area contributed by atoms with Gasteiger partial charge in [-0.3, -0.25) is 9.89 Å². The van der Waals surface area contributed by atoms with E-state index in [0.717, 1.165) is 10.9 Å². The highest BCUT2D eigenvalue weighted by Crippen LogP contribution is 2.20. The van der Waals surface area contributed by atoms with Gasteiger partial charge >= 0.3 is 0 Å². The van der Waals surface area contributed by atoms with Crippen molar-refractivity contribution in [2.75, 3.05) is 12.4 Å². The van der Waals surface area contributed by atoms with E-state index in [1.54, 1.807) is 31.4 Å². The number of nitrogens with one attached hydrogen (secondary N) is 3. The van der Waals surface area contributed by atoms with Gasteiger partial charge in [-0.2, -0.15) is 5.10 Å². The zero-order chi connectivity index (χ0) is 15.5. The number of hydrogen-bond acceptors (Lipinski definition) is 3. The molecule has 0 spiro atoms. The minimum absolute atomic E-state index is 0.254. The number of halogens is 1. The molecule has 1 atom stereocenters. The molecule has 2 aromatic carbocycles. The van der Waals surface area contributed by atoms with E-state index in [1.807, 2.05) is 12.1 Å². The number of hydrogen-bond donors (Lipinski definition) is 3. The summed E-state index contributed by atoms with van der Waals surface area (Å²) in [7, 11) is 1.66. The maximum absolute atomic E-state index is 13.3. The van der Waals surface area contributed by atoms with Crippen molar-refractivity contribution in [2.45, 2.75) is 6.04 Å². The number of benzene rings is 2. The first-order valence-corrected chi connectivity index (χ1v) is 6.84. The summed E-state index contributed by atoms with van der Waals surface area (Å²) in [6, 6.07) is 10.8. The highest BCUT2D eigenvalue weighted by Gasteiger charge is 2.19. The van der Waals surface area contributed by atoms with Gasteiger partial charge in [0.1, 0.15) is 11.9 Å². The van der Waals surface area contributed by atoms with Gasteiger partial charge in [-0.05, 0) is 42.9 Å². The molecule has 1 aromatic heterocycles. The summed E-state index contributed by atoms with van der Waals surface area (Å²) in [5, 5.41) is 13.4. The van der Waals surface area contributed by atoms with Crippen LogP contribution in [0, 0.1) is 5.82 Å². The second kappa shape index (κ2) is 5.95. The summed E-state index contributed by atoms with van der Waals surface area (Å²) in [5.74, 6) is -0.624. The predicted octanol–water partition coefficient (Wildman–Crippen LogP) is 2.60. The van der Waals surface area contributed by atoms with Crippen molar-refractivity contribution in [1.29, 1.82) is 0 Å². The Hall–Kier alpha value is -2.73. The Morgan fingerprint density at radius 2 is 2.14 bits per heavy atom. The van der Waals surface area contributed by atoms with Crippen molar-refractivity contribution in [2.24, 2.45) is 0 Å². The molecule has 1 amide bonds. The maximum Gasteiger partial charge on any atom is 0.246 e. The Labute approximate surface area is 126 Å². The van der Waals surface area contributed by atoms with Crippen LogP contribution in [0.25, 0.3) is 10.9 Å². The smallest absolute Gasteiger partial charge is 0.246 e. The second-order valence-electron chi connectivity index (χ2n) is 4.94. The number of fused-ring (bicyclic) bond motifs is 1. The highest BCUT2D eigenvalue weighted by atomic mass is 19.1. The Kier molecular flexibility index (Phi) is 3.84. The van der Waals surface area contributed by atoms with Gasteiger partial charge < -0.3 is 10.6 Å². The molecule has 0 saturated heterocycles. The van der Waals surface area contributed by atoms with Crippen LogP contribution in [0.1, 0.15) is 11.6 Å². The molecule has 22 heavy (non-hydrogen) atoms. The molecule has 0 bridgehead atoms. The lowest BCUT2D eigenvalue weighted by Gasteiger charge is -2.16. The summed E-state index contributed by atoms with van der Waals surface area (Å²) in [6.07, 6.45) is 1.69. The van der Waals surface area contributed by atoms with Gasteiger partial charge in [0, 0.05) is 11.1 Å². The summed E-state index contributed by atoms with van der Waals surface area (Å²) < 4.78 is 13.3. The minimum atomic E-state index is -0.629. The third kappa shape index (κ3) is 2.82. The van der Waals surface area contributed by atoms with Gasteiger partial charge in [0.05, 0.1) is 11.7 Å². The van der Waals surface area contributed by atoms with Crippen molar-refractivity contribution in [1.82, 2.24) is 15.5 Å². The van der Waals surface area contributed by atoms with Crippen LogP contribution in [0.5, 0.6) is 0 Å². The maximum atomic E-state index is 13.3. The summed E-state index contributed by atoms with van der Waals surface area (Å²) in [5.41, 5.74) is 2.13.